The van der Waals surface area contributed by atoms with E-state index in [0.29, 0.717) is 30.8 Å². The van der Waals surface area contributed by atoms with Crippen LogP contribution in [0.5, 0.6) is 0 Å². The Bertz CT molecular complexity index is 723. The SMILES string of the molecule is CCO[P+](=O)/C=C(\OC)[C@@H]1CC[C@H](n2cc(C)c(=O)[nH]c2=O)O1. The lowest BCUT2D eigenvalue weighted by Crippen LogP contribution is -2.33. The fraction of sp³-hybridized carbons (Fsp3) is 0.571. The molecule has 1 aromatic rings. The van der Waals surface area contributed by atoms with Gasteiger partial charge in [0.2, 0.25) is 5.82 Å². The first-order chi connectivity index (χ1) is 11.0. The van der Waals surface area contributed by atoms with E-state index in [1.54, 1.807) is 13.8 Å². The molecule has 1 aromatic heterocycles. The lowest BCUT2D eigenvalue weighted by Gasteiger charge is -2.16. The maximum atomic E-state index is 11.9. The summed E-state index contributed by atoms with van der Waals surface area (Å²) in [5.74, 6) is 1.81. The van der Waals surface area contributed by atoms with Gasteiger partial charge in [0.25, 0.3) is 5.56 Å². The van der Waals surface area contributed by atoms with Crippen molar-refractivity contribution in [2.75, 3.05) is 13.7 Å². The van der Waals surface area contributed by atoms with Crippen molar-refractivity contribution in [2.24, 2.45) is 0 Å². The van der Waals surface area contributed by atoms with Gasteiger partial charge < -0.3 is 9.47 Å². The second-order valence-electron chi connectivity index (χ2n) is 5.07. The molecular weight excluding hydrogens is 323 g/mol. The van der Waals surface area contributed by atoms with Crippen molar-refractivity contribution < 1.29 is 18.6 Å². The van der Waals surface area contributed by atoms with Crippen LogP contribution in [0, 0.1) is 6.92 Å². The highest BCUT2D eigenvalue weighted by molar-refractivity contribution is 7.42. The third-order valence-corrected chi connectivity index (χ3v) is 4.47. The van der Waals surface area contributed by atoms with Crippen LogP contribution in [0.3, 0.4) is 0 Å². The van der Waals surface area contributed by atoms with Crippen LogP contribution in [0.15, 0.2) is 27.4 Å². The van der Waals surface area contributed by atoms with Gasteiger partial charge in [-0.2, -0.15) is 0 Å². The van der Waals surface area contributed by atoms with Crippen LogP contribution in [0.25, 0.3) is 0 Å². The van der Waals surface area contributed by atoms with Crippen molar-refractivity contribution in [1.82, 2.24) is 9.55 Å². The first kappa shape index (κ1) is 17.6. The van der Waals surface area contributed by atoms with Gasteiger partial charge in [-0.15, -0.1) is 4.52 Å². The van der Waals surface area contributed by atoms with Crippen LogP contribution in [0.4, 0.5) is 0 Å². The molecule has 2 heterocycles. The molecule has 2 rings (SSSR count). The lowest BCUT2D eigenvalue weighted by atomic mass is 10.2. The lowest BCUT2D eigenvalue weighted by molar-refractivity contribution is -0.00586. The number of ether oxygens (including phenoxy) is 2. The largest absolute Gasteiger partial charge is 0.544 e. The topological polar surface area (TPSA) is 99.6 Å². The molecular formula is C14H20N2O6P+. The van der Waals surface area contributed by atoms with E-state index in [9.17, 15) is 14.2 Å². The molecule has 0 radical (unpaired) electrons. The van der Waals surface area contributed by atoms with Crippen LogP contribution in [-0.2, 0) is 18.6 Å². The van der Waals surface area contributed by atoms with Crippen LogP contribution < -0.4 is 11.2 Å². The van der Waals surface area contributed by atoms with Crippen LogP contribution in [0.2, 0.25) is 0 Å². The molecule has 1 unspecified atom stereocenters. The van der Waals surface area contributed by atoms with Crippen molar-refractivity contribution in [1.29, 1.82) is 0 Å². The molecule has 23 heavy (non-hydrogen) atoms. The molecule has 3 atom stereocenters. The summed E-state index contributed by atoms with van der Waals surface area (Å²) >= 11 is 0. The quantitative estimate of drug-likeness (QED) is 0.624. The molecule has 0 aliphatic carbocycles. The molecule has 1 N–H and O–H groups in total. The summed E-state index contributed by atoms with van der Waals surface area (Å²) in [5, 5.41) is 0. The average molecular weight is 343 g/mol. The monoisotopic (exact) mass is 343 g/mol. The molecule has 1 aliphatic rings. The Hall–Kier alpha value is -1.76. The molecule has 126 valence electrons. The molecule has 1 aliphatic heterocycles. The summed E-state index contributed by atoms with van der Waals surface area (Å²) in [6.07, 6.45) is 1.73. The Morgan fingerprint density at radius 1 is 1.52 bits per heavy atom. The number of aromatic amines is 1. The highest BCUT2D eigenvalue weighted by atomic mass is 31.1. The molecule has 0 saturated carbocycles. The van der Waals surface area contributed by atoms with Crippen molar-refractivity contribution in [2.45, 2.75) is 39.0 Å². The molecule has 0 bridgehead atoms. The molecule has 0 spiro atoms. The van der Waals surface area contributed by atoms with E-state index in [1.165, 1.54) is 23.7 Å². The Morgan fingerprint density at radius 3 is 2.91 bits per heavy atom. The number of aryl methyl sites for hydroxylation is 1. The molecule has 8 nitrogen and oxygen atoms in total. The van der Waals surface area contributed by atoms with Crippen LogP contribution >= 0.6 is 8.03 Å². The summed E-state index contributed by atoms with van der Waals surface area (Å²) in [4.78, 5) is 25.6. The van der Waals surface area contributed by atoms with E-state index in [1.807, 2.05) is 0 Å². The minimum absolute atomic E-state index is 0.336. The summed E-state index contributed by atoms with van der Waals surface area (Å²) in [6.45, 7) is 3.71. The standard InChI is InChI=1S/C14H19N2O6P/c1-4-21-23(19)8-11(20-3)10-5-6-12(22-10)16-7-9(2)13(17)15-14(16)18/h7-8,10,12H,4-6H2,1-3H3/p+1/b11-8-/t10-,12+/m0/s1. The number of rotatable bonds is 6. The predicted molar refractivity (Wildman–Crippen MR) is 83.5 cm³/mol. The van der Waals surface area contributed by atoms with Crippen molar-refractivity contribution in [3.05, 3.63) is 44.2 Å². The highest BCUT2D eigenvalue weighted by Crippen LogP contribution is 2.35. The maximum Gasteiger partial charge on any atom is 0.544 e. The smallest absolute Gasteiger partial charge is 0.494 e. The van der Waals surface area contributed by atoms with Crippen LogP contribution in [0.1, 0.15) is 31.6 Å². The number of hydrogen-bond donors (Lipinski definition) is 1. The van der Waals surface area contributed by atoms with Gasteiger partial charge >= 0.3 is 13.7 Å². The second kappa shape index (κ2) is 7.68. The molecule has 9 heteroatoms. The van der Waals surface area contributed by atoms with E-state index in [-0.39, 0.29) is 0 Å². The van der Waals surface area contributed by atoms with E-state index >= 15 is 0 Å². The number of hydrogen-bond acceptors (Lipinski definition) is 6. The zero-order valence-corrected chi connectivity index (χ0v) is 14.2. The first-order valence-corrected chi connectivity index (χ1v) is 8.53. The maximum absolute atomic E-state index is 11.9. The van der Waals surface area contributed by atoms with Gasteiger partial charge in [0, 0.05) is 11.8 Å². The van der Waals surface area contributed by atoms with Crippen molar-refractivity contribution in [3.8, 4) is 0 Å². The molecule has 1 fully saturated rings. The van der Waals surface area contributed by atoms with E-state index in [0.717, 1.165) is 0 Å². The van der Waals surface area contributed by atoms with Crippen LogP contribution in [-0.4, -0.2) is 29.4 Å². The van der Waals surface area contributed by atoms with Crippen molar-refractivity contribution >= 4 is 8.03 Å². The fourth-order valence-electron chi connectivity index (χ4n) is 2.37. The molecule has 0 aromatic carbocycles. The number of aromatic nitrogens is 2. The third kappa shape index (κ3) is 4.16. The van der Waals surface area contributed by atoms with E-state index < -0.39 is 31.6 Å². The minimum atomic E-state index is -1.96. The molecule has 0 amide bonds. The normalized spacial score (nSPS) is 22.2. The Balaban J connectivity index is 2.17. The Morgan fingerprint density at radius 2 is 2.26 bits per heavy atom. The van der Waals surface area contributed by atoms with Gasteiger partial charge in [-0.3, -0.25) is 14.3 Å². The van der Waals surface area contributed by atoms with Gasteiger partial charge in [0.05, 0.1) is 7.11 Å². The summed E-state index contributed by atoms with van der Waals surface area (Å²) < 4.78 is 29.1. The van der Waals surface area contributed by atoms with Gasteiger partial charge in [-0.25, -0.2) is 4.79 Å². The average Bonchev–Trinajstić information content (AvgIpc) is 2.98. The van der Waals surface area contributed by atoms with Gasteiger partial charge in [-0.1, -0.05) is 0 Å². The first-order valence-electron chi connectivity index (χ1n) is 7.28. The fourth-order valence-corrected chi connectivity index (χ4v) is 3.18. The summed E-state index contributed by atoms with van der Waals surface area (Å²) in [5.41, 5.74) is -0.500. The number of nitrogens with zero attached hydrogens (tertiary/aromatic N) is 1. The number of nitrogens with one attached hydrogen (secondary N) is 1. The number of methoxy groups -OCH3 is 1. The second-order valence-corrected chi connectivity index (χ2v) is 6.16. The Kier molecular flexibility index (Phi) is 5.87. The Labute approximate surface area is 133 Å². The summed E-state index contributed by atoms with van der Waals surface area (Å²) in [6, 6.07) is 0. The molecule has 1 saturated heterocycles. The minimum Gasteiger partial charge on any atom is -0.494 e. The van der Waals surface area contributed by atoms with E-state index in [4.69, 9.17) is 14.0 Å². The highest BCUT2D eigenvalue weighted by Gasteiger charge is 2.33. The van der Waals surface area contributed by atoms with Gasteiger partial charge in [-0.05, 0) is 31.3 Å². The van der Waals surface area contributed by atoms with Crippen molar-refractivity contribution in [3.63, 3.8) is 0 Å². The third-order valence-electron chi connectivity index (χ3n) is 3.50. The zero-order chi connectivity index (χ0) is 17.0. The zero-order valence-electron chi connectivity index (χ0n) is 13.3. The predicted octanol–water partition coefficient (Wildman–Crippen LogP) is 1.79. The summed E-state index contributed by atoms with van der Waals surface area (Å²) in [7, 11) is -0.493. The van der Waals surface area contributed by atoms with E-state index in [2.05, 4.69) is 4.98 Å². The van der Waals surface area contributed by atoms with Gasteiger partial charge in [0.15, 0.2) is 5.76 Å². The van der Waals surface area contributed by atoms with Gasteiger partial charge in [0.1, 0.15) is 18.9 Å². The number of H-pyrrole nitrogens is 1.